The van der Waals surface area contributed by atoms with Gasteiger partial charge in [0.15, 0.2) is 0 Å². The Morgan fingerprint density at radius 2 is 0.704 bits per heavy atom. The minimum atomic E-state index is -0.858. The predicted molar refractivity (Wildman–Crippen MR) is 310 cm³/mol. The summed E-state index contributed by atoms with van der Waals surface area (Å²) in [7, 11) is 0. The Kier molecular flexibility index (Phi) is 58.1. The number of carbonyl (C=O) groups excluding carboxylic acids is 2. The lowest BCUT2D eigenvalue weighted by Crippen LogP contribution is -2.45. The molecular weight excluding hydrogens is 875 g/mol. The Labute approximate surface area is 441 Å². The SMILES string of the molecule is CCCCCC/C=C\C/C=C\CCCCCCCC(=O)OCCCCC/C=C\C/C=C\CCCCCCCCCC(=O)NC(CO)C(O)/C=C/CCCCCCCCCCCCCCCCCCCCC. The van der Waals surface area contributed by atoms with Gasteiger partial charge in [0, 0.05) is 12.8 Å². The van der Waals surface area contributed by atoms with E-state index in [0.717, 1.165) is 96.3 Å². The quantitative estimate of drug-likeness (QED) is 0.0321. The molecule has 0 fully saturated rings. The Hall–Kier alpha value is -2.44. The Morgan fingerprint density at radius 1 is 0.394 bits per heavy atom. The van der Waals surface area contributed by atoms with Gasteiger partial charge in [0.1, 0.15) is 0 Å². The van der Waals surface area contributed by atoms with E-state index in [1.54, 1.807) is 6.08 Å². The lowest BCUT2D eigenvalue weighted by molar-refractivity contribution is -0.143. The van der Waals surface area contributed by atoms with Crippen molar-refractivity contribution in [1.29, 1.82) is 0 Å². The molecule has 0 aliphatic carbocycles. The fourth-order valence-corrected chi connectivity index (χ4v) is 9.22. The van der Waals surface area contributed by atoms with Crippen molar-refractivity contribution in [2.24, 2.45) is 0 Å². The number of nitrogens with one attached hydrogen (secondary N) is 1. The average Bonchev–Trinajstić information content (AvgIpc) is 3.37. The van der Waals surface area contributed by atoms with Gasteiger partial charge in [0.2, 0.25) is 5.91 Å². The second-order valence-corrected chi connectivity index (χ2v) is 21.0. The molecule has 0 spiro atoms. The van der Waals surface area contributed by atoms with Crippen LogP contribution in [0.3, 0.4) is 0 Å². The molecule has 0 aromatic rings. The van der Waals surface area contributed by atoms with Gasteiger partial charge in [-0.15, -0.1) is 0 Å². The minimum absolute atomic E-state index is 0.0302. The van der Waals surface area contributed by atoms with E-state index in [1.807, 2.05) is 6.08 Å². The molecule has 6 nitrogen and oxygen atoms in total. The molecule has 0 bridgehead atoms. The third kappa shape index (κ3) is 56.7. The molecule has 2 unspecified atom stereocenters. The van der Waals surface area contributed by atoms with Gasteiger partial charge in [-0.2, -0.15) is 0 Å². The maximum Gasteiger partial charge on any atom is 0.305 e. The number of aliphatic hydroxyl groups excluding tert-OH is 2. The maximum atomic E-state index is 12.5. The fourth-order valence-electron chi connectivity index (χ4n) is 9.22. The highest BCUT2D eigenvalue weighted by Gasteiger charge is 2.18. The van der Waals surface area contributed by atoms with E-state index in [0.29, 0.717) is 19.4 Å². The van der Waals surface area contributed by atoms with Crippen LogP contribution in [0, 0.1) is 0 Å². The standard InChI is InChI=1S/C65H119NO5/c1-3-5-7-9-11-13-15-17-19-21-22-23-24-26-29-33-37-41-45-49-53-57-63(68)62(61-67)66-64(69)58-54-50-46-42-38-34-30-27-25-28-32-36-40-44-48-52-56-60-71-65(70)59-55-51-47-43-39-35-31-20-18-16-14-12-10-8-6-4-2/h14,16,20,25,28,31,36,40,53,57,62-63,67-68H,3-13,15,17-19,21-24,26-27,29-30,32-35,37-39,41-52,54-56,58-61H2,1-2H3,(H,66,69)/b16-14-,28-25-,31-20-,40-36-,57-53+. The molecule has 71 heavy (non-hydrogen) atoms. The van der Waals surface area contributed by atoms with Crippen LogP contribution in [0.15, 0.2) is 60.8 Å². The zero-order valence-electron chi connectivity index (χ0n) is 47.2. The Bertz CT molecular complexity index is 1240. The smallest absolute Gasteiger partial charge is 0.305 e. The van der Waals surface area contributed by atoms with Crippen molar-refractivity contribution in [2.45, 2.75) is 328 Å². The van der Waals surface area contributed by atoms with Crippen molar-refractivity contribution in [1.82, 2.24) is 5.32 Å². The van der Waals surface area contributed by atoms with E-state index in [1.165, 1.54) is 193 Å². The van der Waals surface area contributed by atoms with Gasteiger partial charge in [-0.3, -0.25) is 9.59 Å². The lowest BCUT2D eigenvalue weighted by atomic mass is 10.0. The van der Waals surface area contributed by atoms with Gasteiger partial charge >= 0.3 is 5.97 Å². The molecule has 2 atom stereocenters. The summed E-state index contributed by atoms with van der Waals surface area (Å²) in [6.45, 7) is 4.84. The van der Waals surface area contributed by atoms with Crippen LogP contribution in [0.1, 0.15) is 316 Å². The topological polar surface area (TPSA) is 95.9 Å². The number of ether oxygens (including phenoxy) is 1. The second-order valence-electron chi connectivity index (χ2n) is 21.0. The molecule has 0 aliphatic heterocycles. The van der Waals surface area contributed by atoms with Crippen LogP contribution in [0.5, 0.6) is 0 Å². The molecule has 0 heterocycles. The van der Waals surface area contributed by atoms with Crippen molar-refractivity contribution in [2.75, 3.05) is 13.2 Å². The second kappa shape index (κ2) is 60.1. The van der Waals surface area contributed by atoms with Crippen molar-refractivity contribution in [3.05, 3.63) is 60.8 Å². The summed E-state index contributed by atoms with van der Waals surface area (Å²) >= 11 is 0. The number of rotatable bonds is 57. The van der Waals surface area contributed by atoms with Crippen LogP contribution in [0.25, 0.3) is 0 Å². The molecule has 0 rings (SSSR count). The van der Waals surface area contributed by atoms with E-state index < -0.39 is 12.1 Å². The van der Waals surface area contributed by atoms with Crippen LogP contribution < -0.4 is 5.32 Å². The predicted octanol–water partition coefficient (Wildman–Crippen LogP) is 19.5. The monoisotopic (exact) mass is 994 g/mol. The molecule has 0 saturated carbocycles. The normalized spacial score (nSPS) is 13.0. The molecule has 1 amide bonds. The Balaban J connectivity index is 3.54. The molecule has 0 aliphatic rings. The summed E-state index contributed by atoms with van der Waals surface area (Å²) in [5.74, 6) is -0.114. The summed E-state index contributed by atoms with van der Waals surface area (Å²) in [4.78, 5) is 24.5. The van der Waals surface area contributed by atoms with Crippen LogP contribution in [-0.4, -0.2) is 47.4 Å². The molecule has 3 N–H and O–H groups in total. The highest BCUT2D eigenvalue weighted by atomic mass is 16.5. The fraction of sp³-hybridized carbons (Fsp3) is 0.815. The van der Waals surface area contributed by atoms with Gasteiger partial charge in [-0.1, -0.05) is 261 Å². The van der Waals surface area contributed by atoms with E-state index in [-0.39, 0.29) is 18.5 Å². The minimum Gasteiger partial charge on any atom is -0.466 e. The summed E-state index contributed by atoms with van der Waals surface area (Å²) in [5.41, 5.74) is 0. The van der Waals surface area contributed by atoms with Gasteiger partial charge < -0.3 is 20.3 Å². The zero-order valence-corrected chi connectivity index (χ0v) is 47.2. The number of esters is 1. The van der Waals surface area contributed by atoms with E-state index in [4.69, 9.17) is 4.74 Å². The summed E-state index contributed by atoms with van der Waals surface area (Å²) in [5, 5.41) is 23.2. The first kappa shape index (κ1) is 68.6. The Morgan fingerprint density at radius 3 is 1.08 bits per heavy atom. The number of amides is 1. The first-order valence-electron chi connectivity index (χ1n) is 31.1. The first-order valence-corrected chi connectivity index (χ1v) is 31.1. The molecule has 6 heteroatoms. The van der Waals surface area contributed by atoms with Gasteiger partial charge in [-0.05, 0) is 103 Å². The third-order valence-electron chi connectivity index (χ3n) is 14.0. The molecule has 0 saturated heterocycles. The molecule has 414 valence electrons. The van der Waals surface area contributed by atoms with Crippen molar-refractivity contribution >= 4 is 11.9 Å². The number of unbranched alkanes of at least 4 members (excludes halogenated alkanes) is 38. The average molecular weight is 995 g/mol. The van der Waals surface area contributed by atoms with Gasteiger partial charge in [-0.25, -0.2) is 0 Å². The summed E-state index contributed by atoms with van der Waals surface area (Å²) < 4.78 is 5.45. The zero-order chi connectivity index (χ0) is 51.4. The van der Waals surface area contributed by atoms with Crippen molar-refractivity contribution in [3.63, 3.8) is 0 Å². The molecule has 0 aromatic carbocycles. The van der Waals surface area contributed by atoms with E-state index >= 15 is 0 Å². The first-order chi connectivity index (χ1) is 35.0. The highest BCUT2D eigenvalue weighted by molar-refractivity contribution is 5.76. The largest absolute Gasteiger partial charge is 0.466 e. The van der Waals surface area contributed by atoms with Crippen molar-refractivity contribution in [3.8, 4) is 0 Å². The van der Waals surface area contributed by atoms with Crippen molar-refractivity contribution < 1.29 is 24.5 Å². The number of carbonyl (C=O) groups is 2. The number of aliphatic hydroxyl groups is 2. The van der Waals surface area contributed by atoms with Crippen LogP contribution in [0.2, 0.25) is 0 Å². The lowest BCUT2D eigenvalue weighted by Gasteiger charge is -2.20. The van der Waals surface area contributed by atoms with Gasteiger partial charge in [0.25, 0.3) is 0 Å². The maximum absolute atomic E-state index is 12.5. The van der Waals surface area contributed by atoms with Gasteiger partial charge in [0.05, 0.1) is 25.4 Å². The molecular formula is C65H119NO5. The number of allylic oxidation sites excluding steroid dienone is 9. The number of hydrogen-bond acceptors (Lipinski definition) is 5. The van der Waals surface area contributed by atoms with Crippen LogP contribution in [0.4, 0.5) is 0 Å². The summed E-state index contributed by atoms with van der Waals surface area (Å²) in [6, 6.07) is -0.643. The molecule has 0 radical (unpaired) electrons. The third-order valence-corrected chi connectivity index (χ3v) is 14.0. The molecule has 0 aromatic heterocycles. The summed E-state index contributed by atoms with van der Waals surface area (Å²) in [6.07, 6.45) is 78.2. The highest BCUT2D eigenvalue weighted by Crippen LogP contribution is 2.16. The van der Waals surface area contributed by atoms with Crippen LogP contribution >= 0.6 is 0 Å². The van der Waals surface area contributed by atoms with E-state index in [2.05, 4.69) is 67.8 Å². The number of hydrogen-bond donors (Lipinski definition) is 3. The van der Waals surface area contributed by atoms with E-state index in [9.17, 15) is 19.8 Å². The van der Waals surface area contributed by atoms with Crippen LogP contribution in [-0.2, 0) is 14.3 Å².